The second-order valence-corrected chi connectivity index (χ2v) is 4.04. The van der Waals surface area contributed by atoms with Crippen molar-refractivity contribution in [1.29, 1.82) is 0 Å². The maximum atomic E-state index is 5.66. The van der Waals surface area contributed by atoms with Crippen LogP contribution >= 0.6 is 0 Å². The Morgan fingerprint density at radius 2 is 1.56 bits per heavy atom. The highest BCUT2D eigenvalue weighted by atomic mass is 16.5. The molecule has 2 N–H and O–H groups in total. The Balaban J connectivity index is 2.09. The third-order valence-corrected chi connectivity index (χ3v) is 3.08. The number of methoxy groups -OCH3 is 2. The largest absolute Gasteiger partial charge is 0.399 e. The van der Waals surface area contributed by atoms with Crippen molar-refractivity contribution in [2.24, 2.45) is 0 Å². The molecule has 0 amide bonds. The van der Waals surface area contributed by atoms with Crippen LogP contribution in [0.3, 0.4) is 0 Å². The van der Waals surface area contributed by atoms with Gasteiger partial charge in [0.1, 0.15) is 12.2 Å². The number of nitrogens with zero attached hydrogens (tertiary/aromatic N) is 1. The molecule has 1 saturated heterocycles. The van der Waals surface area contributed by atoms with Gasteiger partial charge in [-0.25, -0.2) is 0 Å². The zero-order valence-corrected chi connectivity index (χ0v) is 9.72. The highest BCUT2D eigenvalue weighted by Gasteiger charge is 2.32. The SMILES string of the molecule is CO[C@H]1CN(c2ccc(N)cc2)C[C@H]1OC. The topological polar surface area (TPSA) is 47.7 Å². The molecule has 1 aromatic carbocycles. The van der Waals surface area contributed by atoms with Gasteiger partial charge < -0.3 is 20.1 Å². The van der Waals surface area contributed by atoms with Crippen LogP contribution in [-0.2, 0) is 9.47 Å². The Bertz CT molecular complexity index is 327. The molecule has 4 nitrogen and oxygen atoms in total. The zero-order valence-electron chi connectivity index (χ0n) is 9.72. The highest BCUT2D eigenvalue weighted by molar-refractivity contribution is 5.54. The highest BCUT2D eigenvalue weighted by Crippen LogP contribution is 2.24. The second kappa shape index (κ2) is 4.72. The number of ether oxygens (including phenoxy) is 2. The summed E-state index contributed by atoms with van der Waals surface area (Å²) in [7, 11) is 3.45. The minimum absolute atomic E-state index is 0.141. The molecular formula is C12H18N2O2. The molecule has 0 bridgehead atoms. The summed E-state index contributed by atoms with van der Waals surface area (Å²) in [6, 6.07) is 7.88. The second-order valence-electron chi connectivity index (χ2n) is 4.04. The normalized spacial score (nSPS) is 25.0. The zero-order chi connectivity index (χ0) is 11.5. The van der Waals surface area contributed by atoms with Crippen molar-refractivity contribution in [2.45, 2.75) is 12.2 Å². The van der Waals surface area contributed by atoms with Crippen molar-refractivity contribution < 1.29 is 9.47 Å². The predicted molar refractivity (Wildman–Crippen MR) is 64.7 cm³/mol. The van der Waals surface area contributed by atoms with Crippen LogP contribution in [0.4, 0.5) is 11.4 Å². The van der Waals surface area contributed by atoms with Crippen molar-refractivity contribution in [3.8, 4) is 0 Å². The Kier molecular flexibility index (Phi) is 3.31. The Morgan fingerprint density at radius 1 is 1.06 bits per heavy atom. The third kappa shape index (κ3) is 2.13. The van der Waals surface area contributed by atoms with Gasteiger partial charge in [-0.1, -0.05) is 0 Å². The molecule has 4 heteroatoms. The first-order valence-corrected chi connectivity index (χ1v) is 5.40. The van der Waals surface area contributed by atoms with E-state index in [1.54, 1.807) is 14.2 Å². The maximum absolute atomic E-state index is 5.66. The summed E-state index contributed by atoms with van der Waals surface area (Å²) in [5.74, 6) is 0. The summed E-state index contributed by atoms with van der Waals surface area (Å²) in [6.45, 7) is 1.72. The van der Waals surface area contributed by atoms with Crippen molar-refractivity contribution in [2.75, 3.05) is 37.9 Å². The predicted octanol–water partition coefficient (Wildman–Crippen LogP) is 1.12. The van der Waals surface area contributed by atoms with Gasteiger partial charge in [0.25, 0.3) is 0 Å². The summed E-state index contributed by atoms with van der Waals surface area (Å²) < 4.78 is 10.8. The van der Waals surface area contributed by atoms with E-state index in [0.29, 0.717) is 0 Å². The first-order chi connectivity index (χ1) is 7.74. The Labute approximate surface area is 95.9 Å². The van der Waals surface area contributed by atoms with E-state index in [9.17, 15) is 0 Å². The molecule has 2 atom stereocenters. The van der Waals surface area contributed by atoms with Crippen LogP contribution in [0.2, 0.25) is 0 Å². The molecule has 0 aromatic heterocycles. The van der Waals surface area contributed by atoms with E-state index in [1.165, 1.54) is 0 Å². The molecule has 0 saturated carbocycles. The summed E-state index contributed by atoms with van der Waals surface area (Å²) in [5, 5.41) is 0. The monoisotopic (exact) mass is 222 g/mol. The lowest BCUT2D eigenvalue weighted by Gasteiger charge is -2.17. The quantitative estimate of drug-likeness (QED) is 0.778. The van der Waals surface area contributed by atoms with Crippen LogP contribution < -0.4 is 10.6 Å². The molecular weight excluding hydrogens is 204 g/mol. The molecule has 1 fully saturated rings. The van der Waals surface area contributed by atoms with E-state index in [4.69, 9.17) is 15.2 Å². The third-order valence-electron chi connectivity index (χ3n) is 3.08. The smallest absolute Gasteiger partial charge is 0.102 e. The van der Waals surface area contributed by atoms with Crippen molar-refractivity contribution in [3.05, 3.63) is 24.3 Å². The summed E-state index contributed by atoms with van der Waals surface area (Å²) in [5.41, 5.74) is 7.61. The number of rotatable bonds is 3. The van der Waals surface area contributed by atoms with E-state index >= 15 is 0 Å². The van der Waals surface area contributed by atoms with Gasteiger partial charge in [-0.05, 0) is 24.3 Å². The van der Waals surface area contributed by atoms with Gasteiger partial charge in [0.15, 0.2) is 0 Å². The fourth-order valence-corrected chi connectivity index (χ4v) is 2.09. The average molecular weight is 222 g/mol. The van der Waals surface area contributed by atoms with Gasteiger partial charge in [-0.15, -0.1) is 0 Å². The number of hydrogen-bond acceptors (Lipinski definition) is 4. The van der Waals surface area contributed by atoms with Crippen molar-refractivity contribution in [3.63, 3.8) is 0 Å². The standard InChI is InChI=1S/C12H18N2O2/c1-15-11-7-14(8-12(11)16-2)10-5-3-9(13)4-6-10/h3-6,11-12H,7-8,13H2,1-2H3/t11-,12+. The average Bonchev–Trinajstić information content (AvgIpc) is 2.73. The van der Waals surface area contributed by atoms with Crippen LogP contribution in [-0.4, -0.2) is 39.5 Å². The molecule has 1 aliphatic rings. The first-order valence-electron chi connectivity index (χ1n) is 5.40. The lowest BCUT2D eigenvalue weighted by Crippen LogP contribution is -2.27. The number of benzene rings is 1. The van der Waals surface area contributed by atoms with Crippen molar-refractivity contribution >= 4 is 11.4 Å². The fraction of sp³-hybridized carbons (Fsp3) is 0.500. The molecule has 1 aromatic rings. The molecule has 1 heterocycles. The Morgan fingerprint density at radius 3 is 2.00 bits per heavy atom. The Hall–Kier alpha value is -1.26. The van der Waals surface area contributed by atoms with Gasteiger partial charge in [0.05, 0.1) is 0 Å². The van der Waals surface area contributed by atoms with Crippen LogP contribution in [0.5, 0.6) is 0 Å². The van der Waals surface area contributed by atoms with Gasteiger partial charge in [-0.3, -0.25) is 0 Å². The van der Waals surface area contributed by atoms with Gasteiger partial charge in [0, 0.05) is 38.7 Å². The molecule has 1 aliphatic heterocycles. The molecule has 0 aliphatic carbocycles. The lowest BCUT2D eigenvalue weighted by molar-refractivity contribution is -0.00461. The number of hydrogen-bond donors (Lipinski definition) is 1. The summed E-state index contributed by atoms with van der Waals surface area (Å²) in [4.78, 5) is 2.25. The molecule has 2 rings (SSSR count). The number of nitrogen functional groups attached to an aromatic ring is 1. The van der Waals surface area contributed by atoms with Gasteiger partial charge >= 0.3 is 0 Å². The van der Waals surface area contributed by atoms with Crippen LogP contribution in [0.1, 0.15) is 0 Å². The van der Waals surface area contributed by atoms with Crippen LogP contribution in [0.25, 0.3) is 0 Å². The molecule has 88 valence electrons. The van der Waals surface area contributed by atoms with Crippen LogP contribution in [0.15, 0.2) is 24.3 Å². The van der Waals surface area contributed by atoms with Gasteiger partial charge in [0.2, 0.25) is 0 Å². The number of anilines is 2. The minimum atomic E-state index is 0.141. The molecule has 16 heavy (non-hydrogen) atoms. The van der Waals surface area contributed by atoms with Gasteiger partial charge in [-0.2, -0.15) is 0 Å². The van der Waals surface area contributed by atoms with E-state index in [0.717, 1.165) is 24.5 Å². The summed E-state index contributed by atoms with van der Waals surface area (Å²) in [6.07, 6.45) is 0.283. The maximum Gasteiger partial charge on any atom is 0.102 e. The number of nitrogens with two attached hydrogens (primary N) is 1. The van der Waals surface area contributed by atoms with Crippen molar-refractivity contribution in [1.82, 2.24) is 0 Å². The fourth-order valence-electron chi connectivity index (χ4n) is 2.09. The van der Waals surface area contributed by atoms with E-state index in [1.807, 2.05) is 24.3 Å². The summed E-state index contributed by atoms with van der Waals surface area (Å²) >= 11 is 0. The lowest BCUT2D eigenvalue weighted by atomic mass is 10.2. The molecule has 0 spiro atoms. The molecule has 0 unspecified atom stereocenters. The molecule has 0 radical (unpaired) electrons. The minimum Gasteiger partial charge on any atom is -0.399 e. The van der Waals surface area contributed by atoms with Crippen LogP contribution in [0, 0.1) is 0 Å². The van der Waals surface area contributed by atoms with E-state index in [2.05, 4.69) is 4.90 Å². The van der Waals surface area contributed by atoms with E-state index in [-0.39, 0.29) is 12.2 Å². The first kappa shape index (κ1) is 11.2. The van der Waals surface area contributed by atoms with E-state index < -0.39 is 0 Å².